The van der Waals surface area contributed by atoms with E-state index in [0.717, 1.165) is 45.4 Å². The molecule has 1 aliphatic rings. The first-order valence-corrected chi connectivity index (χ1v) is 7.09. The van der Waals surface area contributed by atoms with Crippen molar-refractivity contribution in [3.8, 4) is 0 Å². The molecule has 2 unspecified atom stereocenters. The van der Waals surface area contributed by atoms with Gasteiger partial charge in [-0.15, -0.1) is 0 Å². The quantitative estimate of drug-likeness (QED) is 0.364. The molecule has 1 amide bonds. The molecule has 112 valence electrons. The molecule has 0 aromatic heterocycles. The monoisotopic (exact) mass is 272 g/mol. The van der Waals surface area contributed by atoms with E-state index in [1.54, 1.807) is 0 Å². The zero-order valence-corrected chi connectivity index (χ0v) is 12.4. The van der Waals surface area contributed by atoms with E-state index in [9.17, 15) is 4.79 Å². The third-order valence-corrected chi connectivity index (χ3v) is 3.41. The van der Waals surface area contributed by atoms with Gasteiger partial charge in [-0.1, -0.05) is 6.92 Å². The lowest BCUT2D eigenvalue weighted by Crippen LogP contribution is -2.41. The summed E-state index contributed by atoms with van der Waals surface area (Å²) in [5.41, 5.74) is 2.16. The Kier molecular flexibility index (Phi) is 7.30. The fourth-order valence-electron chi connectivity index (χ4n) is 2.37. The van der Waals surface area contributed by atoms with Gasteiger partial charge in [0.25, 0.3) is 5.91 Å². The van der Waals surface area contributed by atoms with Crippen LogP contribution in [0.3, 0.4) is 0 Å². The second-order valence-electron chi connectivity index (χ2n) is 5.44. The summed E-state index contributed by atoms with van der Waals surface area (Å²) in [7, 11) is 4.16. The number of amides is 1. The van der Waals surface area contributed by atoms with Crippen LogP contribution < -0.4 is 11.3 Å². The Morgan fingerprint density at radius 2 is 2.05 bits per heavy atom. The molecule has 1 saturated heterocycles. The zero-order valence-electron chi connectivity index (χ0n) is 12.4. The van der Waals surface area contributed by atoms with E-state index >= 15 is 0 Å². The lowest BCUT2D eigenvalue weighted by atomic mass is 10.2. The predicted octanol–water partition coefficient (Wildman–Crippen LogP) is -0.202. The maximum atomic E-state index is 11.4. The minimum atomic E-state index is -0.368. The van der Waals surface area contributed by atoms with Crippen molar-refractivity contribution in [3.63, 3.8) is 0 Å². The summed E-state index contributed by atoms with van der Waals surface area (Å²) >= 11 is 0. The van der Waals surface area contributed by atoms with E-state index in [1.165, 1.54) is 0 Å². The fourth-order valence-corrected chi connectivity index (χ4v) is 2.37. The molecule has 3 N–H and O–H groups in total. The van der Waals surface area contributed by atoms with E-state index in [-0.39, 0.29) is 18.1 Å². The molecule has 6 nitrogen and oxygen atoms in total. The van der Waals surface area contributed by atoms with Gasteiger partial charge in [0.05, 0.1) is 6.10 Å². The minimum absolute atomic E-state index is 0.149. The van der Waals surface area contributed by atoms with E-state index in [0.29, 0.717) is 0 Å². The number of nitrogens with two attached hydrogens (primary N) is 1. The summed E-state index contributed by atoms with van der Waals surface area (Å²) in [6, 6.07) is 0. The van der Waals surface area contributed by atoms with E-state index in [4.69, 9.17) is 10.6 Å². The van der Waals surface area contributed by atoms with Gasteiger partial charge in [-0.05, 0) is 39.9 Å². The molecule has 0 aromatic rings. The summed E-state index contributed by atoms with van der Waals surface area (Å²) in [5.74, 6) is 4.92. The predicted molar refractivity (Wildman–Crippen MR) is 75.5 cm³/mol. The van der Waals surface area contributed by atoms with Gasteiger partial charge in [0.2, 0.25) is 0 Å². The normalized spacial score (nSPS) is 23.3. The molecule has 0 bridgehead atoms. The third-order valence-electron chi connectivity index (χ3n) is 3.41. The highest BCUT2D eigenvalue weighted by molar-refractivity contribution is 5.80. The van der Waals surface area contributed by atoms with E-state index < -0.39 is 0 Å². The second kappa shape index (κ2) is 8.47. The minimum Gasteiger partial charge on any atom is -0.364 e. The van der Waals surface area contributed by atoms with Crippen molar-refractivity contribution in [2.45, 2.75) is 38.4 Å². The van der Waals surface area contributed by atoms with Crippen molar-refractivity contribution in [2.24, 2.45) is 5.84 Å². The van der Waals surface area contributed by atoms with Gasteiger partial charge in [-0.3, -0.25) is 15.1 Å². The smallest absolute Gasteiger partial charge is 0.263 e. The van der Waals surface area contributed by atoms with Crippen LogP contribution in [0.5, 0.6) is 0 Å². The van der Waals surface area contributed by atoms with Crippen LogP contribution in [0.1, 0.15) is 26.2 Å². The Labute approximate surface area is 116 Å². The van der Waals surface area contributed by atoms with Crippen LogP contribution in [0, 0.1) is 0 Å². The van der Waals surface area contributed by atoms with Crippen LogP contribution in [-0.2, 0) is 9.53 Å². The fraction of sp³-hybridized carbons (Fsp3) is 0.923. The number of nitrogens with zero attached hydrogens (tertiary/aromatic N) is 2. The molecule has 0 spiro atoms. The van der Waals surface area contributed by atoms with Gasteiger partial charge in [-0.25, -0.2) is 5.84 Å². The molecule has 0 aromatic carbocycles. The average molecular weight is 272 g/mol. The highest BCUT2D eigenvalue weighted by Gasteiger charge is 2.31. The first kappa shape index (κ1) is 16.4. The van der Waals surface area contributed by atoms with Crippen molar-refractivity contribution < 1.29 is 9.53 Å². The Morgan fingerprint density at radius 3 is 2.63 bits per heavy atom. The first-order chi connectivity index (χ1) is 9.06. The maximum Gasteiger partial charge on any atom is 0.263 e. The van der Waals surface area contributed by atoms with Gasteiger partial charge in [0, 0.05) is 19.6 Å². The number of nitrogens with one attached hydrogen (secondary N) is 1. The second-order valence-corrected chi connectivity index (χ2v) is 5.44. The first-order valence-electron chi connectivity index (χ1n) is 7.09. The van der Waals surface area contributed by atoms with E-state index in [2.05, 4.69) is 36.2 Å². The number of rotatable bonds is 8. The number of hydrogen-bond donors (Lipinski definition) is 2. The van der Waals surface area contributed by atoms with Gasteiger partial charge >= 0.3 is 0 Å². The van der Waals surface area contributed by atoms with Crippen LogP contribution in [-0.4, -0.2) is 68.2 Å². The summed E-state index contributed by atoms with van der Waals surface area (Å²) in [6.45, 7) is 6.23. The van der Waals surface area contributed by atoms with Crippen LogP contribution in [0.4, 0.5) is 0 Å². The van der Waals surface area contributed by atoms with Crippen LogP contribution in [0.2, 0.25) is 0 Å². The highest BCUT2D eigenvalue weighted by atomic mass is 16.5. The molecule has 1 rings (SSSR count). The van der Waals surface area contributed by atoms with Gasteiger partial charge < -0.3 is 9.64 Å². The number of likely N-dealkylation sites (N-methyl/N-ethyl adjacent to an activating group) is 1. The topological polar surface area (TPSA) is 70.8 Å². The molecule has 0 radical (unpaired) electrons. The lowest BCUT2D eigenvalue weighted by molar-refractivity contribution is -0.132. The van der Waals surface area contributed by atoms with Gasteiger partial charge in [-0.2, -0.15) is 0 Å². The molecule has 19 heavy (non-hydrogen) atoms. The molecule has 2 atom stereocenters. The van der Waals surface area contributed by atoms with Crippen molar-refractivity contribution in [3.05, 3.63) is 0 Å². The summed E-state index contributed by atoms with van der Waals surface area (Å²) in [5, 5.41) is 0. The third kappa shape index (κ3) is 5.86. The summed E-state index contributed by atoms with van der Waals surface area (Å²) in [6.07, 6.45) is 2.61. The molecule has 0 aliphatic carbocycles. The van der Waals surface area contributed by atoms with Crippen molar-refractivity contribution >= 4 is 5.91 Å². The maximum absolute atomic E-state index is 11.4. The Hall–Kier alpha value is -0.690. The average Bonchev–Trinajstić information content (AvgIpc) is 2.83. The van der Waals surface area contributed by atoms with Crippen molar-refractivity contribution in [1.82, 2.24) is 15.2 Å². The van der Waals surface area contributed by atoms with E-state index in [1.807, 2.05) is 0 Å². The molecule has 1 aliphatic heterocycles. The highest BCUT2D eigenvalue weighted by Crippen LogP contribution is 2.20. The van der Waals surface area contributed by atoms with Crippen LogP contribution >= 0.6 is 0 Å². The number of carbonyl (C=O) groups is 1. The number of ether oxygens (including phenoxy) is 1. The molecule has 0 saturated carbocycles. The van der Waals surface area contributed by atoms with Gasteiger partial charge in [0.15, 0.2) is 0 Å². The number of carbonyl (C=O) groups excluding carboxylic acids is 1. The largest absolute Gasteiger partial charge is 0.364 e. The Morgan fingerprint density at radius 1 is 1.32 bits per heavy atom. The lowest BCUT2D eigenvalue weighted by Gasteiger charge is -2.26. The van der Waals surface area contributed by atoms with Crippen molar-refractivity contribution in [2.75, 3.05) is 40.3 Å². The molecule has 1 heterocycles. The Balaban J connectivity index is 2.36. The molecule has 1 fully saturated rings. The van der Waals surface area contributed by atoms with Crippen LogP contribution in [0.15, 0.2) is 0 Å². The summed E-state index contributed by atoms with van der Waals surface area (Å²) in [4.78, 5) is 16.0. The number of hydrazine groups is 1. The summed E-state index contributed by atoms with van der Waals surface area (Å²) < 4.78 is 5.75. The molecule has 6 heteroatoms. The number of hydrogen-bond acceptors (Lipinski definition) is 5. The van der Waals surface area contributed by atoms with Gasteiger partial charge in [0.1, 0.15) is 6.10 Å². The van der Waals surface area contributed by atoms with Crippen LogP contribution in [0.25, 0.3) is 0 Å². The molecular weight excluding hydrogens is 244 g/mol. The molecular formula is C13H28N4O2. The standard InChI is InChI=1S/C13H28N4O2/c1-4-7-17(9-8-16(2)3)10-11-5-6-12(19-11)13(18)15-14/h11-12H,4-10,14H2,1-3H3,(H,15,18). The Bertz CT molecular complexity index is 273. The zero-order chi connectivity index (χ0) is 14.3. The van der Waals surface area contributed by atoms with Crippen molar-refractivity contribution in [1.29, 1.82) is 0 Å². The SMILES string of the molecule is CCCN(CCN(C)C)CC1CCC(C(=O)NN)O1.